The number of nitrogen functional groups attached to an aromatic ring is 1. The fourth-order valence-electron chi connectivity index (χ4n) is 2.47. The third-order valence-corrected chi connectivity index (χ3v) is 5.74. The first kappa shape index (κ1) is 13.3. The fraction of sp³-hybridized carbons (Fsp3) is 0.538. The van der Waals surface area contributed by atoms with Crippen LogP contribution in [0.5, 0.6) is 0 Å². The molecule has 0 aromatic heterocycles. The third-order valence-electron chi connectivity index (χ3n) is 3.56. The summed E-state index contributed by atoms with van der Waals surface area (Å²) in [5.41, 5.74) is 5.98. The number of hydrogen-bond acceptors (Lipinski definition) is 3. The van der Waals surface area contributed by atoms with Crippen LogP contribution in [-0.2, 0) is 15.6 Å². The van der Waals surface area contributed by atoms with Crippen LogP contribution in [0.4, 0.5) is 10.1 Å². The van der Waals surface area contributed by atoms with Crippen molar-refractivity contribution >= 4 is 15.5 Å². The highest BCUT2D eigenvalue weighted by Crippen LogP contribution is 2.28. The highest BCUT2D eigenvalue weighted by atomic mass is 32.2. The molecule has 2 rings (SSSR count). The molecule has 1 aliphatic carbocycles. The van der Waals surface area contributed by atoms with Crippen LogP contribution in [-0.4, -0.2) is 13.7 Å². The third kappa shape index (κ3) is 2.83. The molecule has 1 saturated carbocycles. The molecule has 18 heavy (non-hydrogen) atoms. The van der Waals surface area contributed by atoms with Crippen LogP contribution < -0.4 is 5.73 Å². The van der Waals surface area contributed by atoms with Crippen molar-refractivity contribution in [2.75, 3.05) is 5.73 Å². The molecule has 1 aromatic rings. The minimum atomic E-state index is -3.30. The summed E-state index contributed by atoms with van der Waals surface area (Å²) in [7, 11) is -3.30. The van der Waals surface area contributed by atoms with Gasteiger partial charge in [0.2, 0.25) is 0 Å². The van der Waals surface area contributed by atoms with Crippen LogP contribution in [0.25, 0.3) is 0 Å². The van der Waals surface area contributed by atoms with Gasteiger partial charge in [-0.05, 0) is 25.0 Å². The second kappa shape index (κ2) is 5.26. The maximum Gasteiger partial charge on any atom is 0.157 e. The van der Waals surface area contributed by atoms with E-state index in [0.717, 1.165) is 19.3 Å². The smallest absolute Gasteiger partial charge is 0.157 e. The number of anilines is 1. The summed E-state index contributed by atoms with van der Waals surface area (Å²) >= 11 is 0. The molecular formula is C13H18FNO2S. The molecule has 1 aliphatic rings. The van der Waals surface area contributed by atoms with Crippen molar-refractivity contribution in [2.45, 2.75) is 43.1 Å². The first-order chi connectivity index (χ1) is 8.50. The van der Waals surface area contributed by atoms with Gasteiger partial charge in [0.25, 0.3) is 0 Å². The maximum absolute atomic E-state index is 13.6. The summed E-state index contributed by atoms with van der Waals surface area (Å²) in [6.07, 6.45) is 4.36. The molecule has 0 unspecified atom stereocenters. The lowest BCUT2D eigenvalue weighted by Gasteiger charge is -2.22. The molecule has 1 fully saturated rings. The molecule has 0 aliphatic heterocycles. The first-order valence-corrected chi connectivity index (χ1v) is 7.96. The van der Waals surface area contributed by atoms with Gasteiger partial charge in [-0.25, -0.2) is 12.8 Å². The molecule has 100 valence electrons. The van der Waals surface area contributed by atoms with Gasteiger partial charge in [0.05, 0.1) is 11.0 Å². The minimum absolute atomic E-state index is 0.114. The molecule has 5 heteroatoms. The Kier molecular flexibility index (Phi) is 3.90. The second-order valence-electron chi connectivity index (χ2n) is 4.87. The van der Waals surface area contributed by atoms with E-state index in [9.17, 15) is 12.8 Å². The van der Waals surface area contributed by atoms with E-state index in [-0.39, 0.29) is 22.3 Å². The Hall–Kier alpha value is -1.10. The van der Waals surface area contributed by atoms with Gasteiger partial charge in [-0.15, -0.1) is 0 Å². The quantitative estimate of drug-likeness (QED) is 0.860. The molecular weight excluding hydrogens is 253 g/mol. The molecule has 1 aromatic carbocycles. The summed E-state index contributed by atoms with van der Waals surface area (Å²) in [6, 6.07) is 4.28. The largest absolute Gasteiger partial charge is 0.398 e. The van der Waals surface area contributed by atoms with Crippen molar-refractivity contribution in [1.82, 2.24) is 0 Å². The van der Waals surface area contributed by atoms with Crippen LogP contribution in [0.2, 0.25) is 0 Å². The zero-order valence-corrected chi connectivity index (χ0v) is 11.0. The topological polar surface area (TPSA) is 60.2 Å². The first-order valence-electron chi connectivity index (χ1n) is 6.25. The Morgan fingerprint density at radius 1 is 1.22 bits per heavy atom. The Labute approximate surface area is 107 Å². The van der Waals surface area contributed by atoms with Crippen molar-refractivity contribution in [3.8, 4) is 0 Å². The molecule has 0 spiro atoms. The molecule has 0 heterocycles. The lowest BCUT2D eigenvalue weighted by atomic mass is 10.0. The summed E-state index contributed by atoms with van der Waals surface area (Å²) in [6.45, 7) is 0. The average Bonchev–Trinajstić information content (AvgIpc) is 2.35. The van der Waals surface area contributed by atoms with Gasteiger partial charge in [-0.2, -0.15) is 0 Å². The molecule has 0 bridgehead atoms. The zero-order chi connectivity index (χ0) is 13.2. The van der Waals surface area contributed by atoms with Crippen LogP contribution in [0, 0.1) is 5.82 Å². The Bertz CT molecular complexity index is 502. The van der Waals surface area contributed by atoms with Gasteiger partial charge in [-0.3, -0.25) is 0 Å². The van der Waals surface area contributed by atoms with Crippen LogP contribution in [0.1, 0.15) is 37.7 Å². The van der Waals surface area contributed by atoms with Crippen molar-refractivity contribution < 1.29 is 12.8 Å². The van der Waals surface area contributed by atoms with Crippen molar-refractivity contribution in [1.29, 1.82) is 0 Å². The maximum atomic E-state index is 13.6. The summed E-state index contributed by atoms with van der Waals surface area (Å²) in [5, 5.41) is -0.328. The predicted octanol–water partition coefficient (Wildman–Crippen LogP) is 2.66. The monoisotopic (exact) mass is 271 g/mol. The minimum Gasteiger partial charge on any atom is -0.398 e. The predicted molar refractivity (Wildman–Crippen MR) is 70.3 cm³/mol. The number of halogens is 1. The SMILES string of the molecule is Nc1cccc(F)c1CS(=O)(=O)C1CCCCC1. The molecule has 2 N–H and O–H groups in total. The Morgan fingerprint density at radius 3 is 2.50 bits per heavy atom. The average molecular weight is 271 g/mol. The molecule has 0 radical (unpaired) electrons. The zero-order valence-electron chi connectivity index (χ0n) is 10.2. The van der Waals surface area contributed by atoms with Crippen LogP contribution >= 0.6 is 0 Å². The normalized spacial score (nSPS) is 17.8. The number of sulfone groups is 1. The fourth-order valence-corrected chi connectivity index (χ4v) is 4.47. The van der Waals surface area contributed by atoms with E-state index in [1.807, 2.05) is 0 Å². The van der Waals surface area contributed by atoms with Gasteiger partial charge in [-0.1, -0.05) is 25.3 Å². The lowest BCUT2D eigenvalue weighted by Crippen LogP contribution is -2.26. The van der Waals surface area contributed by atoms with Gasteiger partial charge >= 0.3 is 0 Å². The van der Waals surface area contributed by atoms with Crippen LogP contribution in [0.3, 0.4) is 0 Å². The van der Waals surface area contributed by atoms with Gasteiger partial charge in [0, 0.05) is 11.3 Å². The standard InChI is InChI=1S/C13H18FNO2S/c14-12-7-4-8-13(15)11(12)9-18(16,17)10-5-2-1-3-6-10/h4,7-8,10H,1-3,5-6,9,15H2. The van der Waals surface area contributed by atoms with E-state index in [1.54, 1.807) is 0 Å². The number of nitrogens with two attached hydrogens (primary N) is 1. The second-order valence-corrected chi connectivity index (χ2v) is 7.16. The molecule has 0 amide bonds. The molecule has 0 atom stereocenters. The van der Waals surface area contributed by atoms with E-state index in [2.05, 4.69) is 0 Å². The Balaban J connectivity index is 2.22. The number of hydrogen-bond donors (Lipinski definition) is 1. The van der Waals surface area contributed by atoms with Gasteiger partial charge in [0.1, 0.15) is 5.82 Å². The molecule has 3 nitrogen and oxygen atoms in total. The number of rotatable bonds is 3. The number of benzene rings is 1. The summed E-state index contributed by atoms with van der Waals surface area (Å²) < 4.78 is 38.1. The van der Waals surface area contributed by atoms with Gasteiger partial charge < -0.3 is 5.73 Å². The van der Waals surface area contributed by atoms with E-state index in [1.165, 1.54) is 18.2 Å². The highest BCUT2D eigenvalue weighted by molar-refractivity contribution is 7.91. The van der Waals surface area contributed by atoms with Crippen molar-refractivity contribution in [3.05, 3.63) is 29.6 Å². The summed E-state index contributed by atoms with van der Waals surface area (Å²) in [5.74, 6) is -0.815. The van der Waals surface area contributed by atoms with Crippen molar-refractivity contribution in [3.63, 3.8) is 0 Å². The Morgan fingerprint density at radius 2 is 1.89 bits per heavy atom. The van der Waals surface area contributed by atoms with Crippen molar-refractivity contribution in [2.24, 2.45) is 0 Å². The van der Waals surface area contributed by atoms with E-state index in [0.29, 0.717) is 12.8 Å². The molecule has 0 saturated heterocycles. The van der Waals surface area contributed by atoms with Gasteiger partial charge in [0.15, 0.2) is 9.84 Å². The van der Waals surface area contributed by atoms with Crippen LogP contribution in [0.15, 0.2) is 18.2 Å². The van der Waals surface area contributed by atoms with E-state index >= 15 is 0 Å². The van der Waals surface area contributed by atoms with E-state index < -0.39 is 15.7 Å². The van der Waals surface area contributed by atoms with E-state index in [4.69, 9.17) is 5.73 Å². The highest BCUT2D eigenvalue weighted by Gasteiger charge is 2.28. The summed E-state index contributed by atoms with van der Waals surface area (Å²) in [4.78, 5) is 0. The lowest BCUT2D eigenvalue weighted by molar-refractivity contribution is 0.482.